The minimum Gasteiger partial charge on any atom is -0.495 e. The van der Waals surface area contributed by atoms with E-state index in [0.717, 1.165) is 24.3 Å². The molecule has 18 heavy (non-hydrogen) atoms. The molecule has 4 heteroatoms. The number of thiophene rings is 1. The van der Waals surface area contributed by atoms with Crippen LogP contribution in [-0.2, 0) is 0 Å². The SMILES string of the molecule is CCCNC(c1cccs1)c1ccncc1OC. The zero-order valence-corrected chi connectivity index (χ0v) is 11.5. The molecule has 1 unspecified atom stereocenters. The van der Waals surface area contributed by atoms with E-state index in [4.69, 9.17) is 4.74 Å². The van der Waals surface area contributed by atoms with Gasteiger partial charge in [-0.3, -0.25) is 4.98 Å². The van der Waals surface area contributed by atoms with Crippen LogP contribution in [0.2, 0.25) is 0 Å². The van der Waals surface area contributed by atoms with Crippen molar-refractivity contribution < 1.29 is 4.74 Å². The van der Waals surface area contributed by atoms with E-state index in [1.807, 2.05) is 12.3 Å². The third-order valence-electron chi connectivity index (χ3n) is 2.77. The average molecular weight is 262 g/mol. The number of nitrogens with one attached hydrogen (secondary N) is 1. The second-order valence-corrected chi connectivity index (χ2v) is 5.00. The molecule has 0 fully saturated rings. The molecule has 0 amide bonds. The van der Waals surface area contributed by atoms with Crippen LogP contribution in [0.1, 0.15) is 29.8 Å². The first-order valence-corrected chi connectivity index (χ1v) is 6.99. The van der Waals surface area contributed by atoms with Crippen LogP contribution >= 0.6 is 11.3 Å². The number of methoxy groups -OCH3 is 1. The molecule has 0 saturated heterocycles. The normalized spacial score (nSPS) is 12.3. The van der Waals surface area contributed by atoms with E-state index in [-0.39, 0.29) is 6.04 Å². The molecule has 2 aromatic heterocycles. The highest BCUT2D eigenvalue weighted by Crippen LogP contribution is 2.31. The molecule has 2 rings (SSSR count). The molecule has 0 aliphatic carbocycles. The zero-order chi connectivity index (χ0) is 12.8. The highest BCUT2D eigenvalue weighted by Gasteiger charge is 2.18. The maximum Gasteiger partial charge on any atom is 0.142 e. The molecular weight excluding hydrogens is 244 g/mol. The predicted octanol–water partition coefficient (Wildman–Crippen LogP) is 3.24. The number of ether oxygens (including phenoxy) is 1. The van der Waals surface area contributed by atoms with Gasteiger partial charge in [-0.15, -0.1) is 11.3 Å². The third-order valence-corrected chi connectivity index (χ3v) is 3.71. The molecule has 0 radical (unpaired) electrons. The summed E-state index contributed by atoms with van der Waals surface area (Å²) in [5.74, 6) is 0.833. The third kappa shape index (κ3) is 2.89. The number of hydrogen-bond acceptors (Lipinski definition) is 4. The number of nitrogens with zero attached hydrogens (tertiary/aromatic N) is 1. The predicted molar refractivity (Wildman–Crippen MR) is 75.2 cm³/mol. The fraction of sp³-hybridized carbons (Fsp3) is 0.357. The van der Waals surface area contributed by atoms with Gasteiger partial charge in [-0.2, -0.15) is 0 Å². The molecule has 0 aliphatic heterocycles. The fourth-order valence-corrected chi connectivity index (χ4v) is 2.73. The standard InChI is InChI=1S/C14H18N2OS/c1-3-7-16-14(13-5-4-9-18-13)11-6-8-15-10-12(11)17-2/h4-6,8-10,14,16H,3,7H2,1-2H3. The molecule has 96 valence electrons. The number of aromatic nitrogens is 1. The van der Waals surface area contributed by atoms with Gasteiger partial charge >= 0.3 is 0 Å². The van der Waals surface area contributed by atoms with E-state index in [1.54, 1.807) is 24.6 Å². The van der Waals surface area contributed by atoms with Crippen molar-refractivity contribution in [1.82, 2.24) is 10.3 Å². The summed E-state index contributed by atoms with van der Waals surface area (Å²) in [6, 6.07) is 6.43. The molecule has 3 nitrogen and oxygen atoms in total. The molecule has 1 N–H and O–H groups in total. The lowest BCUT2D eigenvalue weighted by Gasteiger charge is -2.19. The van der Waals surface area contributed by atoms with Crippen molar-refractivity contribution in [2.75, 3.05) is 13.7 Å². The molecule has 0 saturated carbocycles. The average Bonchev–Trinajstić information content (AvgIpc) is 2.94. The Hall–Kier alpha value is -1.39. The largest absolute Gasteiger partial charge is 0.495 e. The Labute approximate surface area is 112 Å². The van der Waals surface area contributed by atoms with Gasteiger partial charge in [0.15, 0.2) is 0 Å². The monoisotopic (exact) mass is 262 g/mol. The summed E-state index contributed by atoms with van der Waals surface area (Å²) >= 11 is 1.76. The van der Waals surface area contributed by atoms with Gasteiger partial charge in [-0.05, 0) is 30.5 Å². The van der Waals surface area contributed by atoms with Gasteiger partial charge in [0.25, 0.3) is 0 Å². The van der Waals surface area contributed by atoms with Crippen LogP contribution in [0.5, 0.6) is 5.75 Å². The fourth-order valence-electron chi connectivity index (χ4n) is 1.91. The Morgan fingerprint density at radius 2 is 2.33 bits per heavy atom. The van der Waals surface area contributed by atoms with Crippen molar-refractivity contribution in [3.05, 3.63) is 46.4 Å². The molecule has 0 aromatic carbocycles. The second kappa shape index (κ2) is 6.52. The number of hydrogen-bond donors (Lipinski definition) is 1. The Bertz CT molecular complexity index is 470. The lowest BCUT2D eigenvalue weighted by Crippen LogP contribution is -2.22. The topological polar surface area (TPSA) is 34.2 Å². The van der Waals surface area contributed by atoms with Crippen LogP contribution in [0, 0.1) is 0 Å². The Kier molecular flexibility index (Phi) is 4.73. The second-order valence-electron chi connectivity index (χ2n) is 4.02. The molecule has 0 aliphatic rings. The van der Waals surface area contributed by atoms with E-state index in [0.29, 0.717) is 0 Å². The summed E-state index contributed by atoms with van der Waals surface area (Å²) < 4.78 is 5.41. The van der Waals surface area contributed by atoms with Gasteiger partial charge in [-0.1, -0.05) is 13.0 Å². The maximum absolute atomic E-state index is 5.41. The first kappa shape index (κ1) is 13.1. The van der Waals surface area contributed by atoms with Crippen LogP contribution in [0.15, 0.2) is 36.0 Å². The lowest BCUT2D eigenvalue weighted by atomic mass is 10.1. The molecule has 0 bridgehead atoms. The summed E-state index contributed by atoms with van der Waals surface area (Å²) in [6.45, 7) is 3.15. The maximum atomic E-state index is 5.41. The van der Waals surface area contributed by atoms with Crippen LogP contribution < -0.4 is 10.1 Å². The van der Waals surface area contributed by atoms with Gasteiger partial charge in [0, 0.05) is 16.6 Å². The van der Waals surface area contributed by atoms with E-state index in [1.165, 1.54) is 4.88 Å². The van der Waals surface area contributed by atoms with Crippen LogP contribution in [0.4, 0.5) is 0 Å². The van der Waals surface area contributed by atoms with Gasteiger partial charge in [-0.25, -0.2) is 0 Å². The summed E-state index contributed by atoms with van der Waals surface area (Å²) in [7, 11) is 1.69. The van der Waals surface area contributed by atoms with E-state index >= 15 is 0 Å². The lowest BCUT2D eigenvalue weighted by molar-refractivity contribution is 0.402. The van der Waals surface area contributed by atoms with E-state index in [2.05, 4.69) is 34.7 Å². The molecule has 2 aromatic rings. The molecule has 0 spiro atoms. The van der Waals surface area contributed by atoms with Crippen molar-refractivity contribution in [1.29, 1.82) is 0 Å². The number of rotatable bonds is 6. The number of pyridine rings is 1. The van der Waals surface area contributed by atoms with E-state index < -0.39 is 0 Å². The summed E-state index contributed by atoms with van der Waals surface area (Å²) in [5.41, 5.74) is 1.14. The summed E-state index contributed by atoms with van der Waals surface area (Å²) in [4.78, 5) is 5.41. The van der Waals surface area contributed by atoms with Crippen molar-refractivity contribution in [2.24, 2.45) is 0 Å². The Morgan fingerprint density at radius 1 is 1.44 bits per heavy atom. The summed E-state index contributed by atoms with van der Waals surface area (Å²) in [6.07, 6.45) is 4.69. The quantitative estimate of drug-likeness (QED) is 0.867. The highest BCUT2D eigenvalue weighted by molar-refractivity contribution is 7.10. The summed E-state index contributed by atoms with van der Waals surface area (Å²) in [5, 5.41) is 5.67. The Morgan fingerprint density at radius 3 is 3.00 bits per heavy atom. The highest BCUT2D eigenvalue weighted by atomic mass is 32.1. The molecule has 1 atom stereocenters. The van der Waals surface area contributed by atoms with E-state index in [9.17, 15) is 0 Å². The first-order chi connectivity index (χ1) is 8.86. The van der Waals surface area contributed by atoms with Crippen molar-refractivity contribution in [3.8, 4) is 5.75 Å². The van der Waals surface area contributed by atoms with Crippen molar-refractivity contribution in [3.63, 3.8) is 0 Å². The van der Waals surface area contributed by atoms with Gasteiger partial charge in [0.2, 0.25) is 0 Å². The van der Waals surface area contributed by atoms with Gasteiger partial charge in [0.05, 0.1) is 19.3 Å². The van der Waals surface area contributed by atoms with Gasteiger partial charge in [0.1, 0.15) is 5.75 Å². The van der Waals surface area contributed by atoms with Crippen LogP contribution in [-0.4, -0.2) is 18.6 Å². The van der Waals surface area contributed by atoms with Crippen molar-refractivity contribution >= 4 is 11.3 Å². The molecular formula is C14H18N2OS. The minimum absolute atomic E-state index is 0.183. The minimum atomic E-state index is 0.183. The van der Waals surface area contributed by atoms with Gasteiger partial charge < -0.3 is 10.1 Å². The zero-order valence-electron chi connectivity index (χ0n) is 10.7. The Balaban J connectivity index is 2.33. The van der Waals surface area contributed by atoms with Crippen LogP contribution in [0.3, 0.4) is 0 Å². The van der Waals surface area contributed by atoms with Crippen molar-refractivity contribution in [2.45, 2.75) is 19.4 Å². The van der Waals surface area contributed by atoms with Crippen LogP contribution in [0.25, 0.3) is 0 Å². The smallest absolute Gasteiger partial charge is 0.142 e. The first-order valence-electron chi connectivity index (χ1n) is 6.11. The molecule has 2 heterocycles.